The number of pyridine rings is 1. The van der Waals surface area contributed by atoms with Crippen molar-refractivity contribution < 1.29 is 8.42 Å². The van der Waals surface area contributed by atoms with Gasteiger partial charge in [-0.05, 0) is 38.6 Å². The third-order valence-electron chi connectivity index (χ3n) is 4.32. The molecule has 0 aliphatic carbocycles. The molecule has 6 nitrogen and oxygen atoms in total. The molecule has 1 atom stereocenters. The Bertz CT molecular complexity index is 542. The number of hydrogen-bond acceptors (Lipinski definition) is 5. The SMILES string of the molecule is CNS(=O)(=O)CCCN1CCN([C@H](C)c2cccnc2)CC1. The van der Waals surface area contributed by atoms with Crippen LogP contribution in [0.15, 0.2) is 24.5 Å². The van der Waals surface area contributed by atoms with Crippen LogP contribution in [-0.2, 0) is 10.0 Å². The van der Waals surface area contributed by atoms with E-state index in [0.29, 0.717) is 12.5 Å². The number of hydrogen-bond donors (Lipinski definition) is 1. The summed E-state index contributed by atoms with van der Waals surface area (Å²) in [5.74, 6) is 0.204. The summed E-state index contributed by atoms with van der Waals surface area (Å²) in [6, 6.07) is 4.47. The molecular formula is C15H26N4O2S. The van der Waals surface area contributed by atoms with Crippen molar-refractivity contribution in [1.29, 1.82) is 0 Å². The summed E-state index contributed by atoms with van der Waals surface area (Å²) in [5.41, 5.74) is 1.25. The van der Waals surface area contributed by atoms with Crippen LogP contribution in [0.5, 0.6) is 0 Å². The Hall–Kier alpha value is -1.02. The Morgan fingerprint density at radius 1 is 1.32 bits per heavy atom. The van der Waals surface area contributed by atoms with E-state index < -0.39 is 10.0 Å². The summed E-state index contributed by atoms with van der Waals surface area (Å²) in [4.78, 5) is 8.99. The molecule has 2 heterocycles. The summed E-state index contributed by atoms with van der Waals surface area (Å²) in [6.07, 6.45) is 4.41. The predicted molar refractivity (Wildman–Crippen MR) is 88.1 cm³/mol. The molecule has 1 aromatic heterocycles. The van der Waals surface area contributed by atoms with Crippen molar-refractivity contribution in [1.82, 2.24) is 19.5 Å². The molecule has 1 saturated heterocycles. The molecule has 1 fully saturated rings. The zero-order chi connectivity index (χ0) is 16.0. The largest absolute Gasteiger partial charge is 0.301 e. The lowest BCUT2D eigenvalue weighted by Gasteiger charge is -2.38. The fourth-order valence-electron chi connectivity index (χ4n) is 2.79. The van der Waals surface area contributed by atoms with Crippen LogP contribution in [0.25, 0.3) is 0 Å². The second kappa shape index (κ2) is 8.01. The minimum Gasteiger partial charge on any atom is -0.301 e. The van der Waals surface area contributed by atoms with Gasteiger partial charge < -0.3 is 4.90 Å². The predicted octanol–water partition coefficient (Wildman–Crippen LogP) is 0.700. The van der Waals surface area contributed by atoms with Crippen LogP contribution >= 0.6 is 0 Å². The first-order chi connectivity index (χ1) is 10.5. The number of piperazine rings is 1. The highest BCUT2D eigenvalue weighted by Gasteiger charge is 2.22. The molecule has 0 spiro atoms. The summed E-state index contributed by atoms with van der Waals surface area (Å²) >= 11 is 0. The molecule has 0 bridgehead atoms. The van der Waals surface area contributed by atoms with E-state index in [9.17, 15) is 8.42 Å². The molecule has 0 aromatic carbocycles. The average molecular weight is 326 g/mol. The molecule has 7 heteroatoms. The van der Waals surface area contributed by atoms with Crippen molar-refractivity contribution in [3.05, 3.63) is 30.1 Å². The molecule has 124 valence electrons. The fourth-order valence-corrected chi connectivity index (χ4v) is 3.50. The Labute approximate surface area is 133 Å². The lowest BCUT2D eigenvalue weighted by molar-refractivity contribution is 0.102. The van der Waals surface area contributed by atoms with Gasteiger partial charge in [-0.2, -0.15) is 0 Å². The molecule has 0 unspecified atom stereocenters. The normalized spacial score (nSPS) is 19.2. The van der Waals surface area contributed by atoms with E-state index in [1.807, 2.05) is 12.3 Å². The number of aromatic nitrogens is 1. The standard InChI is InChI=1S/C15H26N4O2S/c1-14(15-5-3-6-17-13-15)19-10-8-18(9-11-19)7-4-12-22(20,21)16-2/h3,5-6,13-14,16H,4,7-12H2,1-2H3/t14-/m1/s1. The Balaban J connectivity index is 1.74. The van der Waals surface area contributed by atoms with E-state index in [-0.39, 0.29) is 5.75 Å². The lowest BCUT2D eigenvalue weighted by atomic mass is 10.1. The maximum atomic E-state index is 11.4. The summed E-state index contributed by atoms with van der Waals surface area (Å²) in [6.45, 7) is 7.06. The van der Waals surface area contributed by atoms with Crippen LogP contribution in [0.3, 0.4) is 0 Å². The molecule has 1 aliphatic rings. The van der Waals surface area contributed by atoms with E-state index in [0.717, 1.165) is 32.7 Å². The highest BCUT2D eigenvalue weighted by Crippen LogP contribution is 2.20. The van der Waals surface area contributed by atoms with Crippen LogP contribution < -0.4 is 4.72 Å². The first-order valence-corrected chi connectivity index (χ1v) is 9.44. The van der Waals surface area contributed by atoms with Gasteiger partial charge in [-0.15, -0.1) is 0 Å². The lowest BCUT2D eigenvalue weighted by Crippen LogP contribution is -2.47. The van der Waals surface area contributed by atoms with Gasteiger partial charge in [0.25, 0.3) is 0 Å². The molecule has 1 aliphatic heterocycles. The van der Waals surface area contributed by atoms with Gasteiger partial charge in [0.15, 0.2) is 0 Å². The third-order valence-corrected chi connectivity index (χ3v) is 5.77. The first kappa shape index (κ1) is 17.3. The van der Waals surface area contributed by atoms with Crippen molar-refractivity contribution in [3.8, 4) is 0 Å². The van der Waals surface area contributed by atoms with Gasteiger partial charge in [-0.1, -0.05) is 6.07 Å². The van der Waals surface area contributed by atoms with E-state index >= 15 is 0 Å². The molecule has 1 N–H and O–H groups in total. The zero-order valence-electron chi connectivity index (χ0n) is 13.4. The molecule has 22 heavy (non-hydrogen) atoms. The highest BCUT2D eigenvalue weighted by atomic mass is 32.2. The second-order valence-corrected chi connectivity index (χ2v) is 7.76. The quantitative estimate of drug-likeness (QED) is 0.799. The van der Waals surface area contributed by atoms with Crippen molar-refractivity contribution in [3.63, 3.8) is 0 Å². The average Bonchev–Trinajstić information content (AvgIpc) is 2.55. The maximum Gasteiger partial charge on any atom is 0.211 e. The smallest absolute Gasteiger partial charge is 0.211 e. The van der Waals surface area contributed by atoms with Crippen LogP contribution in [0.4, 0.5) is 0 Å². The zero-order valence-corrected chi connectivity index (χ0v) is 14.2. The van der Waals surface area contributed by atoms with Crippen LogP contribution in [0.2, 0.25) is 0 Å². The summed E-state index contributed by atoms with van der Waals surface area (Å²) in [5, 5.41) is 0. The van der Waals surface area contributed by atoms with Gasteiger partial charge in [0.2, 0.25) is 10.0 Å². The van der Waals surface area contributed by atoms with Crippen molar-refractivity contribution in [2.24, 2.45) is 0 Å². The van der Waals surface area contributed by atoms with Crippen LogP contribution in [-0.4, -0.2) is 68.7 Å². The fraction of sp³-hybridized carbons (Fsp3) is 0.667. The minimum absolute atomic E-state index is 0.204. The van der Waals surface area contributed by atoms with Gasteiger partial charge in [0.1, 0.15) is 0 Å². The Kier molecular flexibility index (Phi) is 6.31. The molecular weight excluding hydrogens is 300 g/mol. The molecule has 1 aromatic rings. The number of nitrogens with one attached hydrogen (secondary N) is 1. The van der Waals surface area contributed by atoms with Crippen LogP contribution in [0.1, 0.15) is 24.9 Å². The van der Waals surface area contributed by atoms with Gasteiger partial charge in [-0.3, -0.25) is 9.88 Å². The Morgan fingerprint density at radius 3 is 2.64 bits per heavy atom. The van der Waals surface area contributed by atoms with E-state index in [2.05, 4.69) is 32.5 Å². The van der Waals surface area contributed by atoms with E-state index in [1.165, 1.54) is 12.6 Å². The van der Waals surface area contributed by atoms with Crippen molar-refractivity contribution in [2.75, 3.05) is 45.5 Å². The molecule has 0 saturated carbocycles. The maximum absolute atomic E-state index is 11.4. The number of rotatable bonds is 7. The first-order valence-electron chi connectivity index (χ1n) is 7.79. The molecule has 0 amide bonds. The van der Waals surface area contributed by atoms with Crippen molar-refractivity contribution >= 4 is 10.0 Å². The van der Waals surface area contributed by atoms with Gasteiger partial charge in [0, 0.05) is 44.6 Å². The van der Waals surface area contributed by atoms with Crippen LogP contribution in [0, 0.1) is 0 Å². The molecule has 0 radical (unpaired) electrons. The Morgan fingerprint density at radius 2 is 2.05 bits per heavy atom. The van der Waals surface area contributed by atoms with E-state index in [4.69, 9.17) is 0 Å². The molecule has 2 rings (SSSR count). The highest BCUT2D eigenvalue weighted by molar-refractivity contribution is 7.89. The summed E-state index contributed by atoms with van der Waals surface area (Å²) < 4.78 is 25.1. The van der Waals surface area contributed by atoms with E-state index in [1.54, 1.807) is 6.20 Å². The van der Waals surface area contributed by atoms with Crippen molar-refractivity contribution in [2.45, 2.75) is 19.4 Å². The number of nitrogens with zero attached hydrogens (tertiary/aromatic N) is 3. The monoisotopic (exact) mass is 326 g/mol. The van der Waals surface area contributed by atoms with Gasteiger partial charge in [-0.25, -0.2) is 13.1 Å². The third kappa shape index (κ3) is 5.01. The van der Waals surface area contributed by atoms with Gasteiger partial charge in [0.05, 0.1) is 5.75 Å². The minimum atomic E-state index is -3.07. The summed E-state index contributed by atoms with van der Waals surface area (Å²) in [7, 11) is -1.61. The second-order valence-electron chi connectivity index (χ2n) is 5.72. The number of sulfonamides is 1. The topological polar surface area (TPSA) is 65.5 Å². The van der Waals surface area contributed by atoms with Gasteiger partial charge >= 0.3 is 0 Å².